The van der Waals surface area contributed by atoms with Gasteiger partial charge in [0.25, 0.3) is 0 Å². The number of anilines is 1. The molecule has 0 bridgehead atoms. The van der Waals surface area contributed by atoms with Crippen molar-refractivity contribution in [1.82, 2.24) is 0 Å². The number of hydrogen-bond acceptors (Lipinski definition) is 2. The first kappa shape index (κ1) is 13.0. The summed E-state index contributed by atoms with van der Waals surface area (Å²) in [6.07, 6.45) is 0. The number of hydrogen-bond donors (Lipinski definition) is 1. The van der Waals surface area contributed by atoms with Gasteiger partial charge in [-0.05, 0) is 24.3 Å². The van der Waals surface area contributed by atoms with E-state index in [4.69, 9.17) is 5.26 Å². The number of nitriles is 1. The van der Waals surface area contributed by atoms with Crippen molar-refractivity contribution in [3.63, 3.8) is 0 Å². The molecule has 5 heteroatoms. The molecule has 96 valence electrons. The Morgan fingerprint density at radius 2 is 1.68 bits per heavy atom. The maximum absolute atomic E-state index is 13.6. The van der Waals surface area contributed by atoms with Crippen molar-refractivity contribution in [2.45, 2.75) is 6.54 Å². The average Bonchev–Trinajstić information content (AvgIpc) is 2.39. The summed E-state index contributed by atoms with van der Waals surface area (Å²) in [7, 11) is 0. The van der Waals surface area contributed by atoms with E-state index in [9.17, 15) is 13.2 Å². The van der Waals surface area contributed by atoms with Crippen molar-refractivity contribution in [2.75, 3.05) is 5.32 Å². The van der Waals surface area contributed by atoms with Crippen LogP contribution in [0.2, 0.25) is 0 Å². The molecule has 0 fully saturated rings. The molecule has 0 radical (unpaired) electrons. The second-order valence-corrected chi connectivity index (χ2v) is 3.87. The van der Waals surface area contributed by atoms with Gasteiger partial charge in [-0.3, -0.25) is 0 Å². The van der Waals surface area contributed by atoms with Gasteiger partial charge >= 0.3 is 0 Å². The third-order valence-corrected chi connectivity index (χ3v) is 2.60. The molecule has 0 heterocycles. The third-order valence-electron chi connectivity index (χ3n) is 2.60. The Bertz CT molecular complexity index is 627. The monoisotopic (exact) mass is 262 g/mol. The van der Waals surface area contributed by atoms with Crippen LogP contribution in [0.5, 0.6) is 0 Å². The molecule has 0 aliphatic heterocycles. The van der Waals surface area contributed by atoms with E-state index in [1.165, 1.54) is 18.2 Å². The highest BCUT2D eigenvalue weighted by atomic mass is 19.1. The van der Waals surface area contributed by atoms with Crippen LogP contribution in [0.15, 0.2) is 36.4 Å². The van der Waals surface area contributed by atoms with Crippen molar-refractivity contribution in [1.29, 1.82) is 5.26 Å². The highest BCUT2D eigenvalue weighted by Crippen LogP contribution is 2.19. The van der Waals surface area contributed by atoms with Crippen LogP contribution in [-0.4, -0.2) is 0 Å². The molecule has 19 heavy (non-hydrogen) atoms. The van der Waals surface area contributed by atoms with Crippen LogP contribution in [0, 0.1) is 28.8 Å². The van der Waals surface area contributed by atoms with Crippen LogP contribution in [0.3, 0.4) is 0 Å². The highest BCUT2D eigenvalue weighted by Gasteiger charge is 2.09. The van der Waals surface area contributed by atoms with Gasteiger partial charge < -0.3 is 5.32 Å². The van der Waals surface area contributed by atoms with E-state index < -0.39 is 17.5 Å². The van der Waals surface area contributed by atoms with E-state index in [2.05, 4.69) is 5.32 Å². The molecule has 0 spiro atoms. The molecule has 0 aliphatic carbocycles. The maximum Gasteiger partial charge on any atom is 0.149 e. The molecule has 0 saturated heterocycles. The van der Waals surface area contributed by atoms with E-state index in [1.54, 1.807) is 6.07 Å². The summed E-state index contributed by atoms with van der Waals surface area (Å²) in [4.78, 5) is 0. The quantitative estimate of drug-likeness (QED) is 0.917. The van der Waals surface area contributed by atoms with Gasteiger partial charge in [0.05, 0.1) is 11.6 Å². The number of nitrogens with zero attached hydrogens (tertiary/aromatic N) is 1. The van der Waals surface area contributed by atoms with Gasteiger partial charge in [0.15, 0.2) is 0 Å². The van der Waals surface area contributed by atoms with Gasteiger partial charge in [-0.15, -0.1) is 0 Å². The average molecular weight is 262 g/mol. The summed E-state index contributed by atoms with van der Waals surface area (Å²) in [5.74, 6) is -2.08. The molecule has 0 atom stereocenters. The summed E-state index contributed by atoms with van der Waals surface area (Å²) in [6.45, 7) is -0.0740. The fourth-order valence-electron chi connectivity index (χ4n) is 1.61. The van der Waals surface area contributed by atoms with E-state index in [0.717, 1.165) is 18.2 Å². The van der Waals surface area contributed by atoms with E-state index in [1.807, 2.05) is 0 Å². The minimum Gasteiger partial charge on any atom is -0.376 e. The number of nitrogens with one attached hydrogen (secondary N) is 1. The van der Waals surface area contributed by atoms with Crippen LogP contribution >= 0.6 is 0 Å². The zero-order valence-corrected chi connectivity index (χ0v) is 9.75. The molecule has 0 saturated carbocycles. The van der Waals surface area contributed by atoms with Crippen molar-refractivity contribution in [3.05, 3.63) is 65.0 Å². The molecule has 2 aromatic carbocycles. The molecule has 2 nitrogen and oxygen atoms in total. The summed E-state index contributed by atoms with van der Waals surface area (Å²) in [5, 5.41) is 11.1. The number of rotatable bonds is 3. The van der Waals surface area contributed by atoms with Gasteiger partial charge in [-0.1, -0.05) is 12.1 Å². The molecule has 2 rings (SSSR count). The Morgan fingerprint density at radius 1 is 1.00 bits per heavy atom. The van der Waals surface area contributed by atoms with Crippen molar-refractivity contribution < 1.29 is 13.2 Å². The largest absolute Gasteiger partial charge is 0.376 e. The Labute approximate surface area is 108 Å². The molecule has 0 aromatic heterocycles. The first-order valence-electron chi connectivity index (χ1n) is 5.48. The Kier molecular flexibility index (Phi) is 3.71. The number of para-hydroxylation sites is 1. The van der Waals surface area contributed by atoms with Crippen molar-refractivity contribution in [3.8, 4) is 6.07 Å². The zero-order chi connectivity index (χ0) is 13.8. The lowest BCUT2D eigenvalue weighted by Crippen LogP contribution is -2.05. The number of halogens is 3. The predicted octanol–water partition coefficient (Wildman–Crippen LogP) is 3.59. The molecule has 2 aromatic rings. The second-order valence-electron chi connectivity index (χ2n) is 3.87. The van der Waals surface area contributed by atoms with Gasteiger partial charge in [-0.2, -0.15) is 5.26 Å². The molecular formula is C14H9F3N2. The lowest BCUT2D eigenvalue weighted by Gasteiger charge is -2.09. The highest BCUT2D eigenvalue weighted by molar-refractivity contribution is 5.47. The number of benzene rings is 2. The first-order valence-corrected chi connectivity index (χ1v) is 5.48. The Balaban J connectivity index is 2.17. The predicted molar refractivity (Wildman–Crippen MR) is 64.8 cm³/mol. The molecule has 0 amide bonds. The second kappa shape index (κ2) is 5.44. The minimum atomic E-state index is -0.742. The van der Waals surface area contributed by atoms with Crippen molar-refractivity contribution in [2.24, 2.45) is 0 Å². The SMILES string of the molecule is N#Cc1ccc(CNc2c(F)cccc2F)c(F)c1. The minimum absolute atomic E-state index is 0.0740. The molecular weight excluding hydrogens is 253 g/mol. The Hall–Kier alpha value is -2.48. The summed E-state index contributed by atoms with van der Waals surface area (Å²) >= 11 is 0. The van der Waals surface area contributed by atoms with Crippen LogP contribution in [-0.2, 0) is 6.54 Å². The van der Waals surface area contributed by atoms with Gasteiger partial charge in [-0.25, -0.2) is 13.2 Å². The fraction of sp³-hybridized carbons (Fsp3) is 0.0714. The first-order chi connectivity index (χ1) is 9.11. The normalized spacial score (nSPS) is 10.0. The topological polar surface area (TPSA) is 35.8 Å². The third kappa shape index (κ3) is 2.86. The van der Waals surface area contributed by atoms with Crippen molar-refractivity contribution >= 4 is 5.69 Å². The smallest absolute Gasteiger partial charge is 0.149 e. The van der Waals surface area contributed by atoms with E-state index in [0.29, 0.717) is 0 Å². The fourth-order valence-corrected chi connectivity index (χ4v) is 1.61. The Morgan fingerprint density at radius 3 is 2.26 bits per heavy atom. The summed E-state index contributed by atoms with van der Waals surface area (Å²) in [6, 6.07) is 9.20. The molecule has 1 N–H and O–H groups in total. The summed E-state index contributed by atoms with van der Waals surface area (Å²) < 4.78 is 40.2. The molecule has 0 unspecified atom stereocenters. The van der Waals surface area contributed by atoms with Gasteiger partial charge in [0, 0.05) is 12.1 Å². The van der Waals surface area contributed by atoms with Crippen LogP contribution in [0.1, 0.15) is 11.1 Å². The molecule has 0 aliphatic rings. The summed E-state index contributed by atoms with van der Waals surface area (Å²) in [5.41, 5.74) is 0.117. The van der Waals surface area contributed by atoms with Crippen LogP contribution in [0.4, 0.5) is 18.9 Å². The van der Waals surface area contributed by atoms with E-state index >= 15 is 0 Å². The van der Waals surface area contributed by atoms with Crippen LogP contribution < -0.4 is 5.32 Å². The maximum atomic E-state index is 13.6. The van der Waals surface area contributed by atoms with Gasteiger partial charge in [0.2, 0.25) is 0 Å². The standard InChI is InChI=1S/C14H9F3N2/c15-11-2-1-3-12(16)14(11)19-8-10-5-4-9(7-18)6-13(10)17/h1-6,19H,8H2. The lowest BCUT2D eigenvalue weighted by atomic mass is 10.1. The van der Waals surface area contributed by atoms with Gasteiger partial charge in [0.1, 0.15) is 23.1 Å². The van der Waals surface area contributed by atoms with E-state index in [-0.39, 0.29) is 23.4 Å². The van der Waals surface area contributed by atoms with Crippen LogP contribution in [0.25, 0.3) is 0 Å². The zero-order valence-electron chi connectivity index (χ0n) is 9.75. The lowest BCUT2D eigenvalue weighted by molar-refractivity contribution is 0.585.